The zero-order valence-corrected chi connectivity index (χ0v) is 14.2. The van der Waals surface area contributed by atoms with Gasteiger partial charge in [-0.05, 0) is 31.0 Å². The molecule has 1 aliphatic rings. The molecule has 1 atom stereocenters. The number of aryl methyl sites for hydroxylation is 1. The summed E-state index contributed by atoms with van der Waals surface area (Å²) in [6.45, 7) is 4.87. The van der Waals surface area contributed by atoms with Gasteiger partial charge in [0.25, 0.3) is 0 Å². The molecule has 0 aromatic heterocycles. The van der Waals surface area contributed by atoms with Crippen molar-refractivity contribution in [2.45, 2.75) is 33.1 Å². The normalized spacial score (nSPS) is 17.2. The molecular weight excluding hydrogens is 308 g/mol. The summed E-state index contributed by atoms with van der Waals surface area (Å²) in [5.41, 5.74) is 2.00. The molecule has 2 amide bonds. The first-order valence-electron chi connectivity index (χ1n) is 8.36. The van der Waals surface area contributed by atoms with Crippen molar-refractivity contribution in [1.29, 1.82) is 0 Å². The molecule has 0 radical (unpaired) electrons. The van der Waals surface area contributed by atoms with Crippen LogP contribution in [0.5, 0.6) is 0 Å². The topological polar surface area (TPSA) is 77.9 Å². The third-order valence-electron chi connectivity index (χ3n) is 4.42. The maximum absolute atomic E-state index is 12.6. The Morgan fingerprint density at radius 3 is 2.46 bits per heavy atom. The lowest BCUT2D eigenvalue weighted by Gasteiger charge is -2.23. The standard InChI is InChI=1S/C18H24N2O4/c1-3-13-5-7-15(8-6-13)20-12-14(11-16(20)21)18(24)19(4-2)10-9-17(22)23/h5-8,14H,3-4,9-12H2,1-2H3,(H,22,23). The van der Waals surface area contributed by atoms with Crippen LogP contribution in [0.15, 0.2) is 24.3 Å². The number of hydrogen-bond acceptors (Lipinski definition) is 3. The van der Waals surface area contributed by atoms with Gasteiger partial charge in [0, 0.05) is 31.7 Å². The number of nitrogens with zero attached hydrogens (tertiary/aromatic N) is 2. The smallest absolute Gasteiger partial charge is 0.305 e. The summed E-state index contributed by atoms with van der Waals surface area (Å²) in [7, 11) is 0. The van der Waals surface area contributed by atoms with Gasteiger partial charge >= 0.3 is 5.97 Å². The van der Waals surface area contributed by atoms with Crippen molar-refractivity contribution in [3.63, 3.8) is 0 Å². The largest absolute Gasteiger partial charge is 0.481 e. The lowest BCUT2D eigenvalue weighted by Crippen LogP contribution is -2.38. The Bertz CT molecular complexity index is 612. The summed E-state index contributed by atoms with van der Waals surface area (Å²) in [6, 6.07) is 7.79. The molecule has 1 N–H and O–H groups in total. The third kappa shape index (κ3) is 4.13. The molecule has 1 unspecified atom stereocenters. The first kappa shape index (κ1) is 18.0. The van der Waals surface area contributed by atoms with E-state index < -0.39 is 11.9 Å². The van der Waals surface area contributed by atoms with E-state index in [1.54, 1.807) is 4.90 Å². The monoisotopic (exact) mass is 332 g/mol. The van der Waals surface area contributed by atoms with Crippen molar-refractivity contribution >= 4 is 23.5 Å². The molecule has 0 saturated carbocycles. The Morgan fingerprint density at radius 2 is 1.92 bits per heavy atom. The zero-order valence-electron chi connectivity index (χ0n) is 14.2. The van der Waals surface area contributed by atoms with Gasteiger partial charge in [0.15, 0.2) is 0 Å². The second-order valence-corrected chi connectivity index (χ2v) is 5.99. The van der Waals surface area contributed by atoms with E-state index in [4.69, 9.17) is 5.11 Å². The number of carboxylic acid groups (broad SMARTS) is 1. The van der Waals surface area contributed by atoms with Gasteiger partial charge < -0.3 is 14.9 Å². The molecule has 2 rings (SSSR count). The molecule has 24 heavy (non-hydrogen) atoms. The highest BCUT2D eigenvalue weighted by Gasteiger charge is 2.36. The second kappa shape index (κ2) is 7.95. The minimum absolute atomic E-state index is 0.0631. The van der Waals surface area contributed by atoms with Gasteiger partial charge in [-0.3, -0.25) is 14.4 Å². The SMILES string of the molecule is CCc1ccc(N2CC(C(=O)N(CC)CCC(=O)O)CC2=O)cc1. The van der Waals surface area contributed by atoms with Gasteiger partial charge in [0.1, 0.15) is 0 Å². The fourth-order valence-electron chi connectivity index (χ4n) is 2.95. The quantitative estimate of drug-likeness (QED) is 0.827. The number of carbonyl (C=O) groups is 3. The summed E-state index contributed by atoms with van der Waals surface area (Å²) in [6.07, 6.45) is 1.03. The van der Waals surface area contributed by atoms with E-state index in [0.717, 1.165) is 12.1 Å². The highest BCUT2D eigenvalue weighted by Crippen LogP contribution is 2.26. The fourth-order valence-corrected chi connectivity index (χ4v) is 2.95. The number of carboxylic acids is 1. The third-order valence-corrected chi connectivity index (χ3v) is 4.42. The van der Waals surface area contributed by atoms with Crippen molar-refractivity contribution in [2.24, 2.45) is 5.92 Å². The summed E-state index contributed by atoms with van der Waals surface area (Å²) in [4.78, 5) is 38.7. The molecule has 1 heterocycles. The molecule has 0 aliphatic carbocycles. The molecule has 6 heteroatoms. The molecular formula is C18H24N2O4. The van der Waals surface area contributed by atoms with Crippen LogP contribution in [0.1, 0.15) is 32.3 Å². The van der Waals surface area contributed by atoms with Crippen LogP contribution in [-0.2, 0) is 20.8 Å². The van der Waals surface area contributed by atoms with E-state index in [-0.39, 0.29) is 31.2 Å². The number of carbonyl (C=O) groups excluding carboxylic acids is 2. The van der Waals surface area contributed by atoms with Crippen molar-refractivity contribution < 1.29 is 19.5 Å². The highest BCUT2D eigenvalue weighted by molar-refractivity contribution is 6.00. The fraction of sp³-hybridized carbons (Fsp3) is 0.500. The maximum Gasteiger partial charge on any atom is 0.305 e. The van der Waals surface area contributed by atoms with Crippen LogP contribution >= 0.6 is 0 Å². The summed E-state index contributed by atoms with van der Waals surface area (Å²) in [5, 5.41) is 8.78. The first-order valence-corrected chi connectivity index (χ1v) is 8.36. The van der Waals surface area contributed by atoms with Gasteiger partial charge in [-0.1, -0.05) is 19.1 Å². The van der Waals surface area contributed by atoms with Crippen LogP contribution in [0.3, 0.4) is 0 Å². The Labute approximate surface area is 142 Å². The van der Waals surface area contributed by atoms with E-state index >= 15 is 0 Å². The molecule has 1 aliphatic heterocycles. The lowest BCUT2D eigenvalue weighted by atomic mass is 10.1. The number of amides is 2. The average Bonchev–Trinajstić information content (AvgIpc) is 2.97. The Kier molecular flexibility index (Phi) is 5.95. The van der Waals surface area contributed by atoms with Crippen molar-refractivity contribution in [3.05, 3.63) is 29.8 Å². The summed E-state index contributed by atoms with van der Waals surface area (Å²) >= 11 is 0. The minimum atomic E-state index is -0.929. The molecule has 130 valence electrons. The predicted octanol–water partition coefficient (Wildman–Crippen LogP) is 1.93. The van der Waals surface area contributed by atoms with Gasteiger partial charge in [-0.25, -0.2) is 0 Å². The van der Waals surface area contributed by atoms with Crippen molar-refractivity contribution in [2.75, 3.05) is 24.5 Å². The average molecular weight is 332 g/mol. The van der Waals surface area contributed by atoms with E-state index in [1.807, 2.05) is 31.2 Å². The lowest BCUT2D eigenvalue weighted by molar-refractivity contribution is -0.139. The van der Waals surface area contributed by atoms with Gasteiger partial charge in [-0.15, -0.1) is 0 Å². The van der Waals surface area contributed by atoms with Crippen LogP contribution in [0.4, 0.5) is 5.69 Å². The van der Waals surface area contributed by atoms with E-state index in [0.29, 0.717) is 13.1 Å². The van der Waals surface area contributed by atoms with Crippen LogP contribution in [0.2, 0.25) is 0 Å². The molecule has 1 fully saturated rings. The predicted molar refractivity (Wildman–Crippen MR) is 90.8 cm³/mol. The molecule has 1 saturated heterocycles. The van der Waals surface area contributed by atoms with Crippen LogP contribution in [-0.4, -0.2) is 47.4 Å². The number of rotatable bonds is 7. The molecule has 0 bridgehead atoms. The van der Waals surface area contributed by atoms with Crippen LogP contribution < -0.4 is 4.90 Å². The number of benzene rings is 1. The maximum atomic E-state index is 12.6. The Hall–Kier alpha value is -2.37. The zero-order chi connectivity index (χ0) is 17.7. The number of hydrogen-bond donors (Lipinski definition) is 1. The Morgan fingerprint density at radius 1 is 1.25 bits per heavy atom. The first-order chi connectivity index (χ1) is 11.5. The highest BCUT2D eigenvalue weighted by atomic mass is 16.4. The van der Waals surface area contributed by atoms with Crippen LogP contribution in [0.25, 0.3) is 0 Å². The van der Waals surface area contributed by atoms with Gasteiger partial charge in [0.05, 0.1) is 12.3 Å². The molecule has 6 nitrogen and oxygen atoms in total. The number of aliphatic carboxylic acids is 1. The van der Waals surface area contributed by atoms with E-state index in [9.17, 15) is 14.4 Å². The molecule has 0 spiro atoms. The van der Waals surface area contributed by atoms with Gasteiger partial charge in [0.2, 0.25) is 11.8 Å². The van der Waals surface area contributed by atoms with E-state index in [2.05, 4.69) is 6.92 Å². The van der Waals surface area contributed by atoms with Gasteiger partial charge in [-0.2, -0.15) is 0 Å². The molecule has 1 aromatic carbocycles. The minimum Gasteiger partial charge on any atom is -0.481 e. The van der Waals surface area contributed by atoms with E-state index in [1.165, 1.54) is 10.5 Å². The molecule has 1 aromatic rings. The second-order valence-electron chi connectivity index (χ2n) is 5.99. The summed E-state index contributed by atoms with van der Waals surface area (Å²) in [5.74, 6) is -1.54. The summed E-state index contributed by atoms with van der Waals surface area (Å²) < 4.78 is 0. The Balaban J connectivity index is 2.04. The number of anilines is 1. The van der Waals surface area contributed by atoms with Crippen molar-refractivity contribution in [3.8, 4) is 0 Å². The van der Waals surface area contributed by atoms with Crippen molar-refractivity contribution in [1.82, 2.24) is 4.90 Å². The van der Waals surface area contributed by atoms with Crippen LogP contribution in [0, 0.1) is 5.92 Å².